The van der Waals surface area contributed by atoms with E-state index in [9.17, 15) is 28.2 Å². The van der Waals surface area contributed by atoms with Crippen LogP contribution < -0.4 is 4.74 Å². The van der Waals surface area contributed by atoms with Crippen molar-refractivity contribution in [1.82, 2.24) is 14.8 Å². The molecule has 0 aliphatic carbocycles. The Hall–Kier alpha value is -2.96. The number of aliphatic hydroxyl groups is 1. The summed E-state index contributed by atoms with van der Waals surface area (Å²) in [5.74, 6) is -2.83. The lowest BCUT2D eigenvalue weighted by atomic mass is 10.0. The zero-order valence-corrected chi connectivity index (χ0v) is 22.4. The molecule has 0 radical (unpaired) electrons. The maximum atomic E-state index is 11.5. The number of ether oxygens (including phenoxy) is 1. The van der Waals surface area contributed by atoms with Gasteiger partial charge in [0, 0.05) is 43.8 Å². The third kappa shape index (κ3) is 10.6. The first kappa shape index (κ1) is 32.3. The first-order valence-electron chi connectivity index (χ1n) is 13.0. The molecule has 1 fully saturated rings. The summed E-state index contributed by atoms with van der Waals surface area (Å²) in [4.78, 5) is 29.3. The molecule has 1 aromatic carbocycles. The van der Waals surface area contributed by atoms with Gasteiger partial charge in [-0.15, -0.1) is 0 Å². The SMILES string of the molecule is CCCCCCCN1CCN(CC(O)c2ccnc3ccc(OC)cc23)C(CC(=O)O)C1.O=C(O)C(F)(F)F. The molecule has 3 rings (SSSR count). The number of benzene rings is 1. The van der Waals surface area contributed by atoms with Gasteiger partial charge in [-0.05, 0) is 42.8 Å². The molecule has 1 aliphatic rings. The zero-order valence-electron chi connectivity index (χ0n) is 22.4. The van der Waals surface area contributed by atoms with Crippen LogP contribution in [-0.4, -0.2) is 94.1 Å². The van der Waals surface area contributed by atoms with Gasteiger partial charge in [-0.1, -0.05) is 32.6 Å². The number of aliphatic hydroxyl groups excluding tert-OH is 1. The van der Waals surface area contributed by atoms with E-state index in [-0.39, 0.29) is 12.5 Å². The molecule has 39 heavy (non-hydrogen) atoms. The van der Waals surface area contributed by atoms with Gasteiger partial charge in [0.1, 0.15) is 5.75 Å². The largest absolute Gasteiger partial charge is 0.497 e. The Balaban J connectivity index is 0.000000673. The summed E-state index contributed by atoms with van der Waals surface area (Å²) in [5.41, 5.74) is 1.60. The lowest BCUT2D eigenvalue weighted by Gasteiger charge is -2.42. The first-order valence-corrected chi connectivity index (χ1v) is 13.0. The second-order valence-electron chi connectivity index (χ2n) is 9.56. The molecule has 1 aliphatic heterocycles. The van der Waals surface area contributed by atoms with Crippen molar-refractivity contribution in [1.29, 1.82) is 0 Å². The third-order valence-electron chi connectivity index (χ3n) is 6.67. The molecule has 218 valence electrons. The summed E-state index contributed by atoms with van der Waals surface area (Å²) in [6.07, 6.45) is 2.16. The summed E-state index contributed by atoms with van der Waals surface area (Å²) in [5, 5.41) is 28.6. The van der Waals surface area contributed by atoms with E-state index in [1.807, 2.05) is 24.3 Å². The van der Waals surface area contributed by atoms with Crippen molar-refractivity contribution in [2.24, 2.45) is 0 Å². The molecule has 0 spiro atoms. The Morgan fingerprint density at radius 1 is 1.13 bits per heavy atom. The molecule has 3 N–H and O–H groups in total. The van der Waals surface area contributed by atoms with Crippen molar-refractivity contribution >= 4 is 22.8 Å². The van der Waals surface area contributed by atoms with Gasteiger partial charge in [0.25, 0.3) is 0 Å². The van der Waals surface area contributed by atoms with Crippen LogP contribution in [0.3, 0.4) is 0 Å². The number of aromatic nitrogens is 1. The van der Waals surface area contributed by atoms with E-state index >= 15 is 0 Å². The second-order valence-corrected chi connectivity index (χ2v) is 9.56. The van der Waals surface area contributed by atoms with E-state index in [2.05, 4.69) is 21.7 Å². The number of carboxylic acid groups (broad SMARTS) is 2. The minimum absolute atomic E-state index is 0.0873. The van der Waals surface area contributed by atoms with Crippen LogP contribution in [0.2, 0.25) is 0 Å². The number of carboxylic acids is 2. The van der Waals surface area contributed by atoms with Crippen LogP contribution in [0.25, 0.3) is 10.9 Å². The number of hydrogen-bond donors (Lipinski definition) is 3. The summed E-state index contributed by atoms with van der Waals surface area (Å²) in [6.45, 7) is 6.04. The van der Waals surface area contributed by atoms with Gasteiger partial charge in [-0.3, -0.25) is 14.7 Å². The molecule has 0 amide bonds. The van der Waals surface area contributed by atoms with Crippen LogP contribution in [0, 0.1) is 0 Å². The van der Waals surface area contributed by atoms with E-state index in [0.717, 1.165) is 54.8 Å². The minimum Gasteiger partial charge on any atom is -0.497 e. The number of carbonyl (C=O) groups is 2. The van der Waals surface area contributed by atoms with E-state index in [1.54, 1.807) is 13.3 Å². The number of alkyl halides is 3. The molecule has 1 aromatic heterocycles. The zero-order chi connectivity index (χ0) is 29.0. The molecule has 1 saturated heterocycles. The number of halogens is 3. The van der Waals surface area contributed by atoms with Gasteiger partial charge >= 0.3 is 18.1 Å². The number of methoxy groups -OCH3 is 1. The van der Waals surface area contributed by atoms with Crippen molar-refractivity contribution in [3.63, 3.8) is 0 Å². The average molecular weight is 558 g/mol. The fourth-order valence-electron chi connectivity index (χ4n) is 4.62. The van der Waals surface area contributed by atoms with Gasteiger partial charge in [0.2, 0.25) is 0 Å². The highest BCUT2D eigenvalue weighted by Gasteiger charge is 2.38. The van der Waals surface area contributed by atoms with Crippen molar-refractivity contribution in [2.75, 3.05) is 39.8 Å². The standard InChI is InChI=1S/C25H37N3O4.C2HF3O2/c1-3-4-5-6-7-12-27-13-14-28(19(17-27)15-25(30)31)18-24(29)21-10-11-26-23-9-8-20(32-2)16-22(21)23;3-2(4,5)1(6)7/h8-11,16,19,24,29H,3-7,12-15,17-18H2,1-2H3,(H,30,31);(H,6,7). The van der Waals surface area contributed by atoms with Crippen LogP contribution in [0.5, 0.6) is 5.75 Å². The Kier molecular flexibility index (Phi) is 12.9. The molecular formula is C27H38F3N3O6. The van der Waals surface area contributed by atoms with Gasteiger partial charge < -0.3 is 25.0 Å². The lowest BCUT2D eigenvalue weighted by molar-refractivity contribution is -0.192. The number of piperazine rings is 1. The van der Waals surface area contributed by atoms with Crippen LogP contribution in [0.1, 0.15) is 57.1 Å². The number of pyridine rings is 1. The smallest absolute Gasteiger partial charge is 0.490 e. The Bertz CT molecular complexity index is 1070. The second kappa shape index (κ2) is 15.6. The highest BCUT2D eigenvalue weighted by molar-refractivity contribution is 5.83. The number of unbranched alkanes of at least 4 members (excludes halogenated alkanes) is 4. The number of nitrogens with zero attached hydrogens (tertiary/aromatic N) is 3. The maximum Gasteiger partial charge on any atom is 0.490 e. The topological polar surface area (TPSA) is 123 Å². The molecule has 0 saturated carbocycles. The normalized spacial score (nSPS) is 17.3. The highest BCUT2D eigenvalue weighted by atomic mass is 19.4. The molecule has 9 nitrogen and oxygen atoms in total. The number of β-amino-alcohol motifs (C(OH)–C–C–N with tert-alkyl or cyclic N) is 1. The quantitative estimate of drug-likeness (QED) is 0.327. The molecule has 0 bridgehead atoms. The molecule has 12 heteroatoms. The molecule has 2 atom stereocenters. The minimum atomic E-state index is -5.08. The first-order chi connectivity index (χ1) is 18.5. The number of aliphatic carboxylic acids is 2. The van der Waals surface area contributed by atoms with Crippen LogP contribution >= 0.6 is 0 Å². The number of hydrogen-bond acceptors (Lipinski definition) is 7. The highest BCUT2D eigenvalue weighted by Crippen LogP contribution is 2.28. The van der Waals surface area contributed by atoms with Gasteiger partial charge in [0.15, 0.2) is 0 Å². The van der Waals surface area contributed by atoms with E-state index in [0.29, 0.717) is 6.54 Å². The Labute approximate surface area is 226 Å². The predicted octanol–water partition coefficient (Wildman–Crippen LogP) is 4.34. The predicted molar refractivity (Wildman–Crippen MR) is 140 cm³/mol. The number of fused-ring (bicyclic) bond motifs is 1. The van der Waals surface area contributed by atoms with Gasteiger partial charge in [0.05, 0.1) is 25.2 Å². The van der Waals surface area contributed by atoms with Crippen molar-refractivity contribution in [2.45, 2.75) is 63.8 Å². The molecule has 2 unspecified atom stereocenters. The Morgan fingerprint density at radius 3 is 2.44 bits per heavy atom. The summed E-state index contributed by atoms with van der Waals surface area (Å²) >= 11 is 0. The molecular weight excluding hydrogens is 519 g/mol. The average Bonchev–Trinajstić information content (AvgIpc) is 2.88. The van der Waals surface area contributed by atoms with E-state index < -0.39 is 24.2 Å². The van der Waals surface area contributed by atoms with Crippen molar-refractivity contribution in [3.05, 3.63) is 36.0 Å². The van der Waals surface area contributed by atoms with Crippen molar-refractivity contribution in [3.8, 4) is 5.75 Å². The maximum absolute atomic E-state index is 11.5. The fourth-order valence-corrected chi connectivity index (χ4v) is 4.62. The lowest BCUT2D eigenvalue weighted by Crippen LogP contribution is -2.54. The van der Waals surface area contributed by atoms with Gasteiger partial charge in [-0.2, -0.15) is 13.2 Å². The summed E-state index contributed by atoms with van der Waals surface area (Å²) < 4.78 is 37.1. The monoisotopic (exact) mass is 557 g/mol. The van der Waals surface area contributed by atoms with E-state index in [4.69, 9.17) is 14.6 Å². The van der Waals surface area contributed by atoms with Crippen LogP contribution in [0.15, 0.2) is 30.5 Å². The van der Waals surface area contributed by atoms with Crippen LogP contribution in [-0.2, 0) is 9.59 Å². The molecule has 2 heterocycles. The van der Waals surface area contributed by atoms with E-state index in [1.165, 1.54) is 25.7 Å². The Morgan fingerprint density at radius 2 is 1.82 bits per heavy atom. The number of rotatable bonds is 12. The third-order valence-corrected chi connectivity index (χ3v) is 6.67. The van der Waals surface area contributed by atoms with Crippen molar-refractivity contribution < 1.29 is 42.8 Å². The summed E-state index contributed by atoms with van der Waals surface area (Å²) in [6, 6.07) is 7.37. The van der Waals surface area contributed by atoms with Gasteiger partial charge in [-0.25, -0.2) is 4.79 Å². The fraction of sp³-hybridized carbons (Fsp3) is 0.593. The summed E-state index contributed by atoms with van der Waals surface area (Å²) in [7, 11) is 1.62. The molecule has 2 aromatic rings. The van der Waals surface area contributed by atoms with Crippen LogP contribution in [0.4, 0.5) is 13.2 Å².